The minimum Gasteiger partial charge on any atom is -0.328 e. The van der Waals surface area contributed by atoms with Gasteiger partial charge in [-0.15, -0.1) is 0 Å². The van der Waals surface area contributed by atoms with Gasteiger partial charge in [-0.25, -0.2) is 0 Å². The van der Waals surface area contributed by atoms with Crippen molar-refractivity contribution in [1.82, 2.24) is 0 Å². The van der Waals surface area contributed by atoms with Crippen LogP contribution in [0.2, 0.25) is 0 Å². The third-order valence-corrected chi connectivity index (χ3v) is 5.12. The Hall–Kier alpha value is -0.820. The molecule has 0 unspecified atom stereocenters. The van der Waals surface area contributed by atoms with E-state index in [-0.39, 0.29) is 0 Å². The molecule has 0 bridgehead atoms. The quantitative estimate of drug-likeness (QED) is 0.797. The predicted molar refractivity (Wildman–Crippen MR) is 76.8 cm³/mol. The lowest BCUT2D eigenvalue weighted by molar-refractivity contribution is 0.187. The van der Waals surface area contributed by atoms with Crippen molar-refractivity contribution in [3.05, 3.63) is 34.9 Å². The molecule has 0 radical (unpaired) electrons. The summed E-state index contributed by atoms with van der Waals surface area (Å²) in [6, 6.07) is 7.64. The van der Waals surface area contributed by atoms with Gasteiger partial charge in [0.15, 0.2) is 0 Å². The highest BCUT2D eigenvalue weighted by molar-refractivity contribution is 5.39. The van der Waals surface area contributed by atoms with Crippen LogP contribution in [0.1, 0.15) is 62.1 Å². The average molecular weight is 243 g/mol. The van der Waals surface area contributed by atoms with E-state index >= 15 is 0 Å². The van der Waals surface area contributed by atoms with Crippen LogP contribution in [-0.2, 0) is 12.8 Å². The Bertz CT molecular complexity index is 439. The van der Waals surface area contributed by atoms with Crippen molar-refractivity contribution in [3.63, 3.8) is 0 Å². The summed E-state index contributed by atoms with van der Waals surface area (Å²) >= 11 is 0. The molecule has 1 heteroatoms. The Kier molecular flexibility index (Phi) is 2.97. The Morgan fingerprint density at radius 2 is 1.78 bits per heavy atom. The van der Waals surface area contributed by atoms with Crippen molar-refractivity contribution in [3.8, 4) is 0 Å². The van der Waals surface area contributed by atoms with Gasteiger partial charge >= 0.3 is 0 Å². The molecule has 0 atom stereocenters. The molecule has 0 heterocycles. The minimum absolute atomic E-state index is 0.463. The summed E-state index contributed by atoms with van der Waals surface area (Å²) in [5.41, 5.74) is 11.3. The molecule has 0 amide bonds. The van der Waals surface area contributed by atoms with Gasteiger partial charge in [-0.2, -0.15) is 0 Å². The molecular formula is C17H25N. The second-order valence-corrected chi connectivity index (χ2v) is 6.87. The summed E-state index contributed by atoms with van der Waals surface area (Å²) in [6.45, 7) is 4.57. The molecule has 18 heavy (non-hydrogen) atoms. The Morgan fingerprint density at radius 3 is 2.44 bits per heavy atom. The molecule has 2 aliphatic rings. The maximum Gasteiger partial charge on any atom is 0.00392 e. The fourth-order valence-corrected chi connectivity index (χ4v) is 3.82. The van der Waals surface area contributed by atoms with Crippen LogP contribution >= 0.6 is 0 Å². The second-order valence-electron chi connectivity index (χ2n) is 6.87. The van der Waals surface area contributed by atoms with E-state index in [4.69, 9.17) is 5.73 Å². The Labute approximate surface area is 111 Å². The molecule has 0 aromatic heterocycles. The lowest BCUT2D eigenvalue weighted by atomic mass is 9.71. The first kappa shape index (κ1) is 12.2. The van der Waals surface area contributed by atoms with Crippen LogP contribution in [0, 0.1) is 5.41 Å². The highest BCUT2D eigenvalue weighted by Gasteiger charge is 2.39. The van der Waals surface area contributed by atoms with Crippen LogP contribution in [0.3, 0.4) is 0 Å². The maximum atomic E-state index is 6.05. The summed E-state index contributed by atoms with van der Waals surface area (Å²) in [4.78, 5) is 0. The van der Waals surface area contributed by atoms with Gasteiger partial charge in [0, 0.05) is 6.04 Å². The van der Waals surface area contributed by atoms with Gasteiger partial charge in [-0.1, -0.05) is 32.0 Å². The molecule has 3 rings (SSSR count). The third kappa shape index (κ3) is 2.09. The molecule has 1 nitrogen and oxygen atoms in total. The van der Waals surface area contributed by atoms with E-state index in [1.807, 2.05) is 0 Å². The summed E-state index contributed by atoms with van der Waals surface area (Å²) < 4.78 is 0. The maximum absolute atomic E-state index is 6.05. The average Bonchev–Trinajstić information content (AvgIpc) is 2.70. The van der Waals surface area contributed by atoms with E-state index in [9.17, 15) is 0 Å². The highest BCUT2D eigenvalue weighted by atomic mass is 14.6. The van der Waals surface area contributed by atoms with E-state index in [2.05, 4.69) is 32.0 Å². The number of rotatable bonds is 1. The van der Waals surface area contributed by atoms with Crippen LogP contribution in [-0.4, -0.2) is 6.04 Å². The van der Waals surface area contributed by atoms with Crippen LogP contribution in [0.5, 0.6) is 0 Å². The van der Waals surface area contributed by atoms with Crippen LogP contribution in [0.25, 0.3) is 0 Å². The van der Waals surface area contributed by atoms with Crippen molar-refractivity contribution < 1.29 is 0 Å². The molecule has 1 spiro atoms. The summed E-state index contributed by atoms with van der Waals surface area (Å²) in [6.07, 6.45) is 7.72. The van der Waals surface area contributed by atoms with E-state index in [1.54, 1.807) is 11.1 Å². The lowest BCUT2D eigenvalue weighted by Crippen LogP contribution is -2.34. The van der Waals surface area contributed by atoms with Crippen LogP contribution in [0.15, 0.2) is 18.2 Å². The normalized spacial score (nSPS) is 31.0. The van der Waals surface area contributed by atoms with E-state index in [0.29, 0.717) is 17.4 Å². The number of benzene rings is 1. The van der Waals surface area contributed by atoms with Crippen molar-refractivity contribution in [1.29, 1.82) is 0 Å². The molecule has 1 aromatic rings. The van der Waals surface area contributed by atoms with Gasteiger partial charge in [0.25, 0.3) is 0 Å². The molecule has 98 valence electrons. The number of nitrogens with two attached hydrogens (primary N) is 1. The highest BCUT2D eigenvalue weighted by Crippen LogP contribution is 2.47. The van der Waals surface area contributed by atoms with Crippen LogP contribution in [0.4, 0.5) is 0 Å². The SMILES string of the molecule is CC(C)c1ccc2c(c1)CC1(CCC(N)CC1)C2. The van der Waals surface area contributed by atoms with E-state index in [0.717, 1.165) is 0 Å². The zero-order valence-electron chi connectivity index (χ0n) is 11.7. The number of hydrogen-bond acceptors (Lipinski definition) is 1. The summed E-state index contributed by atoms with van der Waals surface area (Å²) in [7, 11) is 0. The zero-order chi connectivity index (χ0) is 12.8. The van der Waals surface area contributed by atoms with Gasteiger partial charge < -0.3 is 5.73 Å². The monoisotopic (exact) mass is 243 g/mol. The molecular weight excluding hydrogens is 218 g/mol. The van der Waals surface area contributed by atoms with Gasteiger partial charge in [0.2, 0.25) is 0 Å². The second kappa shape index (κ2) is 4.38. The fourth-order valence-electron chi connectivity index (χ4n) is 3.82. The molecule has 2 aliphatic carbocycles. The molecule has 1 saturated carbocycles. The first-order chi connectivity index (χ1) is 8.58. The molecule has 1 fully saturated rings. The first-order valence-electron chi connectivity index (χ1n) is 7.45. The Morgan fingerprint density at radius 1 is 1.11 bits per heavy atom. The first-order valence-corrected chi connectivity index (χ1v) is 7.45. The van der Waals surface area contributed by atoms with Crippen molar-refractivity contribution in [2.75, 3.05) is 0 Å². The van der Waals surface area contributed by atoms with Gasteiger partial charge in [0.05, 0.1) is 0 Å². The smallest absolute Gasteiger partial charge is 0.00392 e. The van der Waals surface area contributed by atoms with Gasteiger partial charge in [-0.05, 0) is 66.5 Å². The molecule has 0 aliphatic heterocycles. The lowest BCUT2D eigenvalue weighted by Gasteiger charge is -2.36. The standard InChI is InChI=1S/C17H25N/c1-12(2)13-3-4-14-10-17(11-15(14)9-13)7-5-16(18)6-8-17/h3-4,9,12,16H,5-8,10-11,18H2,1-2H3. The largest absolute Gasteiger partial charge is 0.328 e. The van der Waals surface area contributed by atoms with Crippen molar-refractivity contribution in [2.24, 2.45) is 11.1 Å². The number of hydrogen-bond donors (Lipinski definition) is 1. The summed E-state index contributed by atoms with van der Waals surface area (Å²) in [5, 5.41) is 0. The molecule has 0 saturated heterocycles. The minimum atomic E-state index is 0.463. The van der Waals surface area contributed by atoms with E-state index < -0.39 is 0 Å². The fraction of sp³-hybridized carbons (Fsp3) is 0.647. The molecule has 2 N–H and O–H groups in total. The zero-order valence-corrected chi connectivity index (χ0v) is 11.7. The van der Waals surface area contributed by atoms with Gasteiger partial charge in [-0.3, -0.25) is 0 Å². The van der Waals surface area contributed by atoms with Crippen molar-refractivity contribution >= 4 is 0 Å². The Balaban J connectivity index is 1.82. The van der Waals surface area contributed by atoms with Crippen LogP contribution < -0.4 is 5.73 Å². The molecule has 1 aromatic carbocycles. The van der Waals surface area contributed by atoms with Gasteiger partial charge in [0.1, 0.15) is 0 Å². The third-order valence-electron chi connectivity index (χ3n) is 5.12. The predicted octanol–water partition coefficient (Wildman–Crippen LogP) is 3.80. The number of fused-ring (bicyclic) bond motifs is 1. The van der Waals surface area contributed by atoms with Crippen molar-refractivity contribution in [2.45, 2.75) is 64.3 Å². The topological polar surface area (TPSA) is 26.0 Å². The van der Waals surface area contributed by atoms with E-state index in [1.165, 1.54) is 44.1 Å². The summed E-state index contributed by atoms with van der Waals surface area (Å²) in [5.74, 6) is 0.645.